The van der Waals surface area contributed by atoms with Crippen LogP contribution in [0.15, 0.2) is 90.2 Å². The molecule has 2 fully saturated rings. The van der Waals surface area contributed by atoms with Gasteiger partial charge in [0.1, 0.15) is 11.6 Å². The molecule has 0 bridgehead atoms. The van der Waals surface area contributed by atoms with E-state index in [1.165, 1.54) is 24.3 Å². The summed E-state index contributed by atoms with van der Waals surface area (Å²) in [6.07, 6.45) is 4.93. The van der Waals surface area contributed by atoms with Crippen molar-refractivity contribution in [2.24, 2.45) is 0 Å². The van der Waals surface area contributed by atoms with Crippen molar-refractivity contribution in [3.8, 4) is 11.1 Å². The molecule has 2 aromatic carbocycles. The van der Waals surface area contributed by atoms with Crippen molar-refractivity contribution in [1.29, 1.82) is 0 Å². The summed E-state index contributed by atoms with van der Waals surface area (Å²) in [6, 6.07) is 17.0. The van der Waals surface area contributed by atoms with Gasteiger partial charge in [0.2, 0.25) is 0 Å². The van der Waals surface area contributed by atoms with E-state index in [2.05, 4.69) is 35.1 Å². The Morgan fingerprint density at radius 1 is 0.977 bits per heavy atom. The maximum atomic E-state index is 14.4. The van der Waals surface area contributed by atoms with E-state index in [0.29, 0.717) is 29.7 Å². The Morgan fingerprint density at radius 3 is 2.50 bits per heavy atom. The van der Waals surface area contributed by atoms with E-state index < -0.39 is 21.9 Å². The third kappa shape index (κ3) is 6.96. The van der Waals surface area contributed by atoms with Crippen molar-refractivity contribution in [1.82, 2.24) is 20.2 Å². The molecular formula is C31H32FN7O4S. The monoisotopic (exact) mass is 617 g/mol. The first kappa shape index (κ1) is 29.5. The van der Waals surface area contributed by atoms with Gasteiger partial charge < -0.3 is 20.3 Å². The van der Waals surface area contributed by atoms with E-state index in [0.717, 1.165) is 51.0 Å². The number of hydrogen-bond donors (Lipinski definition) is 3. The molecule has 0 saturated carbocycles. The summed E-state index contributed by atoms with van der Waals surface area (Å²) in [4.78, 5) is 25.2. The van der Waals surface area contributed by atoms with Crippen molar-refractivity contribution in [3.05, 3.63) is 96.7 Å². The number of nitrogens with one attached hydrogen (secondary N) is 3. The van der Waals surface area contributed by atoms with Crippen LogP contribution in [0.25, 0.3) is 11.1 Å². The highest BCUT2D eigenvalue weighted by molar-refractivity contribution is 7.92. The van der Waals surface area contributed by atoms with Gasteiger partial charge in [-0.25, -0.2) is 22.6 Å². The second-order valence-electron chi connectivity index (χ2n) is 10.6. The number of anilines is 3. The van der Waals surface area contributed by atoms with Crippen LogP contribution in [0.5, 0.6) is 0 Å². The zero-order valence-electron chi connectivity index (χ0n) is 23.8. The highest BCUT2D eigenvalue weighted by atomic mass is 32.2. The summed E-state index contributed by atoms with van der Waals surface area (Å²) >= 11 is 0. The summed E-state index contributed by atoms with van der Waals surface area (Å²) in [7, 11) is -4.11. The van der Waals surface area contributed by atoms with Crippen molar-refractivity contribution in [2.45, 2.75) is 17.5 Å². The highest BCUT2D eigenvalue weighted by Gasteiger charge is 2.33. The molecule has 2 aromatic heterocycles. The molecule has 0 atom stereocenters. The SMILES string of the molecule is O=C(NCc1cccnc1)Nc1ccc(NS(=O)(=O)c2ccc(F)cc2-c2ccnc(N3CC(N4CCOCC4)C3)c2)cc1. The average Bonchev–Trinajstić information content (AvgIpc) is 3.01. The van der Waals surface area contributed by atoms with Gasteiger partial charge in [-0.2, -0.15) is 0 Å². The van der Waals surface area contributed by atoms with E-state index in [9.17, 15) is 17.6 Å². The van der Waals surface area contributed by atoms with Crippen LogP contribution in [0.3, 0.4) is 0 Å². The molecule has 228 valence electrons. The standard InChI is InChI=1S/C31H32FN7O4S/c32-24-3-8-29(28(17-24)23-9-11-34-30(16-23)39-20-27(21-39)38-12-14-43-15-13-38)44(41,42)37-26-6-4-25(5-7-26)36-31(40)35-19-22-2-1-10-33-18-22/h1-11,16-18,27,37H,12-15,19-21H2,(H2,35,36,40). The van der Waals surface area contributed by atoms with Crippen LogP contribution in [0.4, 0.5) is 26.4 Å². The first-order valence-electron chi connectivity index (χ1n) is 14.2. The minimum Gasteiger partial charge on any atom is -0.379 e. The number of urea groups is 1. The molecule has 2 saturated heterocycles. The third-order valence-corrected chi connectivity index (χ3v) is 9.05. The van der Waals surface area contributed by atoms with E-state index >= 15 is 0 Å². The lowest BCUT2D eigenvalue weighted by Crippen LogP contribution is -2.61. The number of carbonyl (C=O) groups excluding carboxylic acids is 1. The van der Waals surface area contributed by atoms with Gasteiger partial charge in [0.15, 0.2) is 0 Å². The minimum absolute atomic E-state index is 0.0668. The molecule has 3 N–H and O–H groups in total. The number of rotatable bonds is 9. The normalized spacial score (nSPS) is 15.8. The number of carbonyl (C=O) groups is 1. The largest absolute Gasteiger partial charge is 0.379 e. The van der Waals surface area contributed by atoms with Crippen molar-refractivity contribution >= 4 is 33.2 Å². The Labute approximate surface area is 255 Å². The summed E-state index contributed by atoms with van der Waals surface area (Å²) in [6.45, 7) is 5.22. The number of halogens is 1. The topological polar surface area (TPSA) is 129 Å². The van der Waals surface area contributed by atoms with Gasteiger partial charge in [-0.3, -0.25) is 14.6 Å². The molecule has 13 heteroatoms. The van der Waals surface area contributed by atoms with Crippen LogP contribution in [-0.2, 0) is 21.3 Å². The van der Waals surface area contributed by atoms with Crippen LogP contribution in [0.2, 0.25) is 0 Å². The molecule has 2 aliphatic rings. The molecule has 0 radical (unpaired) electrons. The van der Waals surface area contributed by atoms with Gasteiger partial charge in [0.05, 0.1) is 18.1 Å². The van der Waals surface area contributed by atoms with E-state index in [4.69, 9.17) is 4.74 Å². The van der Waals surface area contributed by atoms with Crippen LogP contribution >= 0.6 is 0 Å². The number of ether oxygens (including phenoxy) is 1. The van der Waals surface area contributed by atoms with Gasteiger partial charge in [-0.15, -0.1) is 0 Å². The number of hydrogen-bond acceptors (Lipinski definition) is 8. The number of benzene rings is 2. The van der Waals surface area contributed by atoms with Crippen molar-refractivity contribution in [2.75, 3.05) is 54.3 Å². The number of aromatic nitrogens is 2. The molecule has 44 heavy (non-hydrogen) atoms. The fraction of sp³-hybridized carbons (Fsp3) is 0.258. The lowest BCUT2D eigenvalue weighted by molar-refractivity contribution is 0.0104. The lowest BCUT2D eigenvalue weighted by Gasteiger charge is -2.47. The van der Waals surface area contributed by atoms with Gasteiger partial charge in [-0.1, -0.05) is 6.07 Å². The predicted molar refractivity (Wildman–Crippen MR) is 165 cm³/mol. The molecule has 4 aromatic rings. The van der Waals surface area contributed by atoms with Crippen molar-refractivity contribution < 1.29 is 22.3 Å². The minimum atomic E-state index is -4.11. The van der Waals surface area contributed by atoms with Crippen LogP contribution < -0.4 is 20.3 Å². The Morgan fingerprint density at radius 2 is 1.75 bits per heavy atom. The zero-order valence-corrected chi connectivity index (χ0v) is 24.6. The first-order chi connectivity index (χ1) is 21.3. The lowest BCUT2D eigenvalue weighted by atomic mass is 10.0. The Hall–Kier alpha value is -4.59. The van der Waals surface area contributed by atoms with Crippen LogP contribution in [0, 0.1) is 5.82 Å². The summed E-state index contributed by atoms with van der Waals surface area (Å²) in [5.41, 5.74) is 2.39. The van der Waals surface area contributed by atoms with Gasteiger partial charge in [0, 0.05) is 74.3 Å². The zero-order chi connectivity index (χ0) is 30.5. The first-order valence-corrected chi connectivity index (χ1v) is 15.7. The van der Waals surface area contributed by atoms with Crippen molar-refractivity contribution in [3.63, 3.8) is 0 Å². The molecule has 0 spiro atoms. The fourth-order valence-corrected chi connectivity index (χ4v) is 6.50. The third-order valence-electron chi connectivity index (χ3n) is 7.61. The molecule has 11 nitrogen and oxygen atoms in total. The van der Waals surface area contributed by atoms with Gasteiger partial charge in [-0.05, 0) is 71.8 Å². The Balaban J connectivity index is 1.12. The summed E-state index contributed by atoms with van der Waals surface area (Å²) < 4.78 is 49.5. The molecule has 2 amide bonds. The van der Waals surface area contributed by atoms with E-state index in [1.54, 1.807) is 48.9 Å². The fourth-order valence-electron chi connectivity index (χ4n) is 5.23. The maximum Gasteiger partial charge on any atom is 0.319 e. The smallest absolute Gasteiger partial charge is 0.319 e. The second kappa shape index (κ2) is 13.0. The molecule has 0 unspecified atom stereocenters. The molecule has 6 rings (SSSR count). The Kier molecular flexibility index (Phi) is 8.68. The average molecular weight is 618 g/mol. The van der Waals surface area contributed by atoms with Gasteiger partial charge >= 0.3 is 6.03 Å². The summed E-state index contributed by atoms with van der Waals surface area (Å²) in [5, 5.41) is 5.45. The van der Waals surface area contributed by atoms with E-state index in [-0.39, 0.29) is 16.1 Å². The second-order valence-corrected chi connectivity index (χ2v) is 12.3. The quantitative estimate of drug-likeness (QED) is 0.258. The number of amides is 2. The Bertz CT molecular complexity index is 1710. The molecule has 0 aliphatic carbocycles. The number of nitrogens with zero attached hydrogens (tertiary/aromatic N) is 4. The predicted octanol–water partition coefficient (Wildman–Crippen LogP) is 3.93. The molecular weight excluding hydrogens is 585 g/mol. The molecule has 4 heterocycles. The van der Waals surface area contributed by atoms with Gasteiger partial charge in [0.25, 0.3) is 10.0 Å². The maximum absolute atomic E-state index is 14.4. The van der Waals surface area contributed by atoms with Crippen LogP contribution in [-0.4, -0.2) is 74.8 Å². The van der Waals surface area contributed by atoms with Crippen LogP contribution in [0.1, 0.15) is 5.56 Å². The highest BCUT2D eigenvalue weighted by Crippen LogP contribution is 2.33. The number of morpholine rings is 1. The van der Waals surface area contributed by atoms with E-state index in [1.807, 2.05) is 6.07 Å². The summed E-state index contributed by atoms with van der Waals surface area (Å²) in [5.74, 6) is 0.158. The number of sulfonamides is 1. The molecule has 2 aliphatic heterocycles. The number of pyridine rings is 2.